The third-order valence-electron chi connectivity index (χ3n) is 5.54. The fourth-order valence-electron chi connectivity index (χ4n) is 3.81. The van der Waals surface area contributed by atoms with Gasteiger partial charge in [-0.05, 0) is 17.7 Å². The Kier molecular flexibility index (Phi) is 7.33. The molecule has 3 atom stereocenters. The first-order valence-corrected chi connectivity index (χ1v) is 10.9. The van der Waals surface area contributed by atoms with Gasteiger partial charge < -0.3 is 14.2 Å². The quantitative estimate of drug-likeness (QED) is 0.476. The number of esters is 1. The first-order chi connectivity index (χ1) is 16.8. The number of rotatable bonds is 7. The van der Waals surface area contributed by atoms with E-state index < -0.39 is 47.4 Å². The number of carbonyl (C=O) groups excluding carboxylic acids is 2. The molecule has 3 aromatic rings. The van der Waals surface area contributed by atoms with Gasteiger partial charge in [0.25, 0.3) is 11.5 Å². The molecule has 182 valence electrons. The van der Waals surface area contributed by atoms with E-state index in [0.717, 1.165) is 10.1 Å². The minimum Gasteiger partial charge on any atom is -0.463 e. The Bertz CT molecular complexity index is 1320. The number of hydrogen-bond acceptors (Lipinski definition) is 7. The molecular formula is C25H23FN2O7. The van der Waals surface area contributed by atoms with E-state index in [2.05, 4.69) is 0 Å². The standard InChI is InChI=1S/C25H23FN2O7/c1-16(29)33-15-21-20(34-14-17-8-4-2-5-9-17)12-22(35-21)27-13-19(26)24(31)28(25(27)32)23(30)18-10-6-3-7-11-18/h2-11,13,20-22H,12,14-15H2,1H3/t20?,21-,22-/m0/s1. The maximum absolute atomic E-state index is 14.6. The van der Waals surface area contributed by atoms with Crippen LogP contribution in [0.4, 0.5) is 4.39 Å². The molecule has 9 nitrogen and oxygen atoms in total. The van der Waals surface area contributed by atoms with Crippen molar-refractivity contribution in [2.45, 2.75) is 38.4 Å². The van der Waals surface area contributed by atoms with Crippen molar-refractivity contribution < 1.29 is 28.2 Å². The SMILES string of the molecule is CC(=O)OC[C@@H]1O[C@H](n2cc(F)c(=O)n(C(=O)c3ccccc3)c2=O)CC1OCc1ccccc1. The summed E-state index contributed by atoms with van der Waals surface area (Å²) in [6, 6.07) is 16.9. The predicted molar refractivity (Wildman–Crippen MR) is 121 cm³/mol. The van der Waals surface area contributed by atoms with Crippen LogP contribution < -0.4 is 11.2 Å². The molecule has 1 fully saturated rings. The summed E-state index contributed by atoms with van der Waals surface area (Å²) in [7, 11) is 0. The van der Waals surface area contributed by atoms with Crippen molar-refractivity contribution in [3.63, 3.8) is 0 Å². The largest absolute Gasteiger partial charge is 0.463 e. The summed E-state index contributed by atoms with van der Waals surface area (Å²) in [5.41, 5.74) is -1.46. The van der Waals surface area contributed by atoms with Gasteiger partial charge >= 0.3 is 11.7 Å². The highest BCUT2D eigenvalue weighted by atomic mass is 19.1. The summed E-state index contributed by atoms with van der Waals surface area (Å²) in [5.74, 6) is -2.77. The number of nitrogens with zero attached hydrogens (tertiary/aromatic N) is 2. The van der Waals surface area contributed by atoms with Crippen LogP contribution in [0.25, 0.3) is 0 Å². The van der Waals surface area contributed by atoms with Crippen molar-refractivity contribution >= 4 is 11.9 Å². The first kappa shape index (κ1) is 24.2. The van der Waals surface area contributed by atoms with E-state index in [1.165, 1.54) is 19.1 Å². The molecule has 0 saturated carbocycles. The topological polar surface area (TPSA) is 106 Å². The van der Waals surface area contributed by atoms with Crippen molar-refractivity contribution in [1.29, 1.82) is 0 Å². The predicted octanol–water partition coefficient (Wildman–Crippen LogP) is 2.27. The second kappa shape index (κ2) is 10.6. The molecule has 0 amide bonds. The summed E-state index contributed by atoms with van der Waals surface area (Å²) in [6.07, 6.45) is -1.62. The van der Waals surface area contributed by atoms with Crippen molar-refractivity contribution in [1.82, 2.24) is 9.13 Å². The molecular weight excluding hydrogens is 459 g/mol. The minimum absolute atomic E-state index is 0.0491. The van der Waals surface area contributed by atoms with Gasteiger partial charge in [-0.25, -0.2) is 4.79 Å². The third-order valence-corrected chi connectivity index (χ3v) is 5.54. The van der Waals surface area contributed by atoms with Crippen LogP contribution in [-0.2, 0) is 25.6 Å². The lowest BCUT2D eigenvalue weighted by molar-refractivity contribution is -0.148. The Hall–Kier alpha value is -3.89. The minimum atomic E-state index is -1.36. The van der Waals surface area contributed by atoms with E-state index >= 15 is 0 Å². The molecule has 4 rings (SSSR count). The van der Waals surface area contributed by atoms with E-state index in [1.807, 2.05) is 30.3 Å². The molecule has 1 saturated heterocycles. The smallest absolute Gasteiger partial charge is 0.340 e. The Morgan fingerprint density at radius 1 is 1.06 bits per heavy atom. The molecule has 1 unspecified atom stereocenters. The Balaban J connectivity index is 1.63. The van der Waals surface area contributed by atoms with Gasteiger partial charge in [-0.1, -0.05) is 48.5 Å². The summed E-state index contributed by atoms with van der Waals surface area (Å²) in [4.78, 5) is 49.7. The molecule has 0 spiro atoms. The average molecular weight is 482 g/mol. The van der Waals surface area contributed by atoms with Crippen LogP contribution in [0.2, 0.25) is 0 Å². The molecule has 0 N–H and O–H groups in total. The van der Waals surface area contributed by atoms with Crippen LogP contribution in [0.1, 0.15) is 35.5 Å². The molecule has 0 radical (unpaired) electrons. The van der Waals surface area contributed by atoms with E-state index in [0.29, 0.717) is 6.20 Å². The normalized spacial score (nSPS) is 19.4. The zero-order valence-corrected chi connectivity index (χ0v) is 18.8. The fourth-order valence-corrected chi connectivity index (χ4v) is 3.81. The average Bonchev–Trinajstić information content (AvgIpc) is 3.27. The van der Waals surface area contributed by atoms with Gasteiger partial charge in [0.15, 0.2) is 0 Å². The molecule has 2 heterocycles. The third kappa shape index (κ3) is 5.44. The van der Waals surface area contributed by atoms with E-state index in [1.54, 1.807) is 18.2 Å². The maximum Gasteiger partial charge on any atom is 0.340 e. The van der Waals surface area contributed by atoms with Crippen molar-refractivity contribution in [3.8, 4) is 0 Å². The Morgan fingerprint density at radius 2 is 1.71 bits per heavy atom. The summed E-state index contributed by atoms with van der Waals surface area (Å²) in [5, 5.41) is 0. The van der Waals surface area contributed by atoms with Gasteiger partial charge in [0.1, 0.15) is 18.9 Å². The van der Waals surface area contributed by atoms with Crippen LogP contribution in [0, 0.1) is 5.82 Å². The summed E-state index contributed by atoms with van der Waals surface area (Å²) >= 11 is 0. The van der Waals surface area contributed by atoms with Gasteiger partial charge in [-0.15, -0.1) is 0 Å². The molecule has 10 heteroatoms. The Morgan fingerprint density at radius 3 is 2.37 bits per heavy atom. The Labute approximate surface area is 199 Å². The highest BCUT2D eigenvalue weighted by Gasteiger charge is 2.39. The van der Waals surface area contributed by atoms with Crippen LogP contribution in [0.3, 0.4) is 0 Å². The van der Waals surface area contributed by atoms with Gasteiger partial charge in [0.2, 0.25) is 5.82 Å². The van der Waals surface area contributed by atoms with Gasteiger partial charge in [-0.3, -0.25) is 19.0 Å². The zero-order chi connectivity index (χ0) is 24.9. The van der Waals surface area contributed by atoms with Crippen molar-refractivity contribution in [3.05, 3.63) is 105 Å². The monoisotopic (exact) mass is 482 g/mol. The van der Waals surface area contributed by atoms with Crippen LogP contribution in [0.15, 0.2) is 76.4 Å². The van der Waals surface area contributed by atoms with Gasteiger partial charge in [0.05, 0.1) is 18.9 Å². The zero-order valence-electron chi connectivity index (χ0n) is 18.8. The molecule has 35 heavy (non-hydrogen) atoms. The number of halogens is 1. The highest BCUT2D eigenvalue weighted by molar-refractivity contribution is 5.95. The highest BCUT2D eigenvalue weighted by Crippen LogP contribution is 2.31. The number of benzene rings is 2. The maximum atomic E-state index is 14.6. The van der Waals surface area contributed by atoms with Crippen molar-refractivity contribution in [2.24, 2.45) is 0 Å². The number of hydrogen-bond donors (Lipinski definition) is 0. The summed E-state index contributed by atoms with van der Waals surface area (Å²) < 4.78 is 32.6. The number of ether oxygens (including phenoxy) is 3. The van der Waals surface area contributed by atoms with Crippen LogP contribution in [0.5, 0.6) is 0 Å². The lowest BCUT2D eigenvalue weighted by atomic mass is 10.1. The second-order valence-electron chi connectivity index (χ2n) is 7.98. The first-order valence-electron chi connectivity index (χ1n) is 10.9. The summed E-state index contributed by atoms with van der Waals surface area (Å²) in [6.45, 7) is 1.33. The van der Waals surface area contributed by atoms with Gasteiger partial charge in [0, 0.05) is 18.9 Å². The lowest BCUT2D eigenvalue weighted by Crippen LogP contribution is -2.46. The number of carbonyl (C=O) groups is 2. The lowest BCUT2D eigenvalue weighted by Gasteiger charge is -2.18. The molecule has 1 aromatic heterocycles. The molecule has 0 aliphatic carbocycles. The van der Waals surface area contributed by atoms with Gasteiger partial charge in [-0.2, -0.15) is 8.96 Å². The molecule has 1 aliphatic rings. The number of aromatic nitrogens is 2. The second-order valence-corrected chi connectivity index (χ2v) is 7.98. The van der Waals surface area contributed by atoms with Crippen LogP contribution >= 0.6 is 0 Å². The molecule has 2 aromatic carbocycles. The molecule has 1 aliphatic heterocycles. The van der Waals surface area contributed by atoms with Crippen LogP contribution in [-0.4, -0.2) is 39.8 Å². The van der Waals surface area contributed by atoms with Crippen molar-refractivity contribution in [2.75, 3.05) is 6.61 Å². The van der Waals surface area contributed by atoms with E-state index in [4.69, 9.17) is 14.2 Å². The molecule has 0 bridgehead atoms. The van der Waals surface area contributed by atoms with E-state index in [-0.39, 0.29) is 29.8 Å². The van der Waals surface area contributed by atoms with E-state index in [9.17, 15) is 23.6 Å². The fraction of sp³-hybridized carbons (Fsp3) is 0.280.